The molecule has 0 spiro atoms. The predicted molar refractivity (Wildman–Crippen MR) is 103 cm³/mol. The first kappa shape index (κ1) is 20.0. The van der Waals surface area contributed by atoms with Gasteiger partial charge < -0.3 is 9.94 Å². The van der Waals surface area contributed by atoms with Crippen LogP contribution in [0.1, 0.15) is 70.1 Å². The maximum atomic E-state index is 10.3. The van der Waals surface area contributed by atoms with Gasteiger partial charge in [0.2, 0.25) is 5.88 Å². The highest BCUT2D eigenvalue weighted by molar-refractivity contribution is 5.35. The monoisotopic (exact) mass is 357 g/mol. The lowest BCUT2D eigenvalue weighted by atomic mass is 10.0. The molecule has 1 aromatic carbocycles. The lowest BCUT2D eigenvalue weighted by molar-refractivity contribution is 0.152. The van der Waals surface area contributed by atoms with E-state index in [0.717, 1.165) is 41.7 Å². The Balaban J connectivity index is 2.22. The third-order valence-corrected chi connectivity index (χ3v) is 4.50. The zero-order chi connectivity index (χ0) is 18.8. The van der Waals surface area contributed by atoms with Crippen molar-refractivity contribution in [3.63, 3.8) is 0 Å². The average Bonchev–Trinajstić information content (AvgIpc) is 2.65. The van der Waals surface area contributed by atoms with Crippen LogP contribution in [0, 0.1) is 5.41 Å². The Labute approximate surface area is 156 Å². The summed E-state index contributed by atoms with van der Waals surface area (Å²) in [5.41, 5.74) is 1.47. The molecule has 0 saturated heterocycles. The lowest BCUT2D eigenvalue weighted by Gasteiger charge is -2.16. The van der Waals surface area contributed by atoms with E-state index in [0.29, 0.717) is 18.1 Å². The largest absolute Gasteiger partial charge is 0.439 e. The highest BCUT2D eigenvalue weighted by Gasteiger charge is 2.17. The molecule has 0 fully saturated rings. The normalized spacial score (nSPS) is 10.8. The van der Waals surface area contributed by atoms with Gasteiger partial charge in [0.25, 0.3) is 5.62 Å². The summed E-state index contributed by atoms with van der Waals surface area (Å²) in [5.74, 6) is 1.14. The molecule has 0 bridgehead atoms. The van der Waals surface area contributed by atoms with Crippen molar-refractivity contribution in [3.05, 3.63) is 47.2 Å². The van der Waals surface area contributed by atoms with Crippen molar-refractivity contribution in [3.8, 4) is 11.6 Å². The van der Waals surface area contributed by atoms with E-state index in [2.05, 4.69) is 18.8 Å². The third-order valence-electron chi connectivity index (χ3n) is 4.50. The Morgan fingerprint density at radius 1 is 0.962 bits per heavy atom. The van der Waals surface area contributed by atoms with Crippen LogP contribution in [0.15, 0.2) is 30.3 Å². The minimum atomic E-state index is -0.189. The van der Waals surface area contributed by atoms with Crippen LogP contribution >= 0.6 is 0 Å². The van der Waals surface area contributed by atoms with Crippen molar-refractivity contribution in [1.82, 2.24) is 9.71 Å². The van der Waals surface area contributed by atoms with E-state index in [9.17, 15) is 5.21 Å². The van der Waals surface area contributed by atoms with E-state index in [1.54, 1.807) is 0 Å². The summed E-state index contributed by atoms with van der Waals surface area (Å²) in [6.45, 7) is 4.29. The van der Waals surface area contributed by atoms with Crippen LogP contribution in [0.2, 0.25) is 0 Å². The maximum Gasteiger partial charge on any atom is 0.258 e. The van der Waals surface area contributed by atoms with Gasteiger partial charge in [-0.05, 0) is 31.4 Å². The number of hydrogen-bond donors (Lipinski definition) is 2. The first-order chi connectivity index (χ1) is 12.7. The lowest BCUT2D eigenvalue weighted by Crippen LogP contribution is -2.27. The second-order valence-electron chi connectivity index (χ2n) is 6.66. The van der Waals surface area contributed by atoms with Crippen LogP contribution in [-0.4, -0.2) is 14.9 Å². The average molecular weight is 357 g/mol. The Bertz CT molecular complexity index is 726. The zero-order valence-corrected chi connectivity index (χ0v) is 16.0. The second-order valence-corrected chi connectivity index (χ2v) is 6.66. The van der Waals surface area contributed by atoms with Gasteiger partial charge in [0, 0.05) is 5.56 Å². The molecule has 0 unspecified atom stereocenters. The van der Waals surface area contributed by atoms with Gasteiger partial charge >= 0.3 is 0 Å². The van der Waals surface area contributed by atoms with E-state index in [-0.39, 0.29) is 5.62 Å². The molecule has 5 nitrogen and oxygen atoms in total. The Kier molecular flexibility index (Phi) is 8.19. The number of nitrogens with one attached hydrogen (secondary N) is 1. The molecule has 2 N–H and O–H groups in total. The summed E-state index contributed by atoms with van der Waals surface area (Å²) in [6.07, 6.45) is 9.61. The van der Waals surface area contributed by atoms with E-state index < -0.39 is 0 Å². The number of hydrogen-bond acceptors (Lipinski definition) is 4. The highest BCUT2D eigenvalue weighted by Crippen LogP contribution is 2.26. The van der Waals surface area contributed by atoms with Crippen LogP contribution in [-0.2, 0) is 12.8 Å². The van der Waals surface area contributed by atoms with Crippen molar-refractivity contribution in [2.45, 2.75) is 71.6 Å². The number of benzene rings is 1. The summed E-state index contributed by atoms with van der Waals surface area (Å²) in [4.78, 5) is 4.20. The number of para-hydroxylation sites is 1. The molecular formula is C21H31N3O2. The molecule has 2 aromatic rings. The predicted octanol–water partition coefficient (Wildman–Crippen LogP) is 5.25. The minimum absolute atomic E-state index is 0.189. The topological polar surface area (TPSA) is 71.1 Å². The van der Waals surface area contributed by atoms with Crippen molar-refractivity contribution in [2.24, 2.45) is 0 Å². The molecule has 0 aliphatic heterocycles. The fourth-order valence-electron chi connectivity index (χ4n) is 3.10. The second kappa shape index (κ2) is 10.6. The molecule has 142 valence electrons. The summed E-state index contributed by atoms with van der Waals surface area (Å²) in [6, 6.07) is 9.50. The fraction of sp³-hybridized carbons (Fsp3) is 0.524. The number of rotatable bonds is 11. The van der Waals surface area contributed by atoms with Gasteiger partial charge in [-0.3, -0.25) is 5.41 Å². The molecule has 1 aromatic heterocycles. The summed E-state index contributed by atoms with van der Waals surface area (Å²) < 4.78 is 6.88. The quantitative estimate of drug-likeness (QED) is 0.426. The third kappa shape index (κ3) is 5.61. The van der Waals surface area contributed by atoms with E-state index >= 15 is 0 Å². The van der Waals surface area contributed by atoms with E-state index in [1.807, 2.05) is 30.3 Å². The van der Waals surface area contributed by atoms with Crippen LogP contribution in [0.25, 0.3) is 0 Å². The summed E-state index contributed by atoms with van der Waals surface area (Å²) in [5, 5.41) is 18.2. The Morgan fingerprint density at radius 2 is 1.65 bits per heavy atom. The molecule has 2 rings (SSSR count). The van der Waals surface area contributed by atoms with E-state index in [4.69, 9.17) is 10.1 Å². The van der Waals surface area contributed by atoms with Crippen LogP contribution in [0.4, 0.5) is 0 Å². The summed E-state index contributed by atoms with van der Waals surface area (Å²) >= 11 is 0. The number of unbranched alkanes of at least 4 members (excludes halogenated alkanes) is 5. The molecule has 0 amide bonds. The van der Waals surface area contributed by atoms with Gasteiger partial charge in [0.05, 0.1) is 5.69 Å². The molecule has 0 aliphatic carbocycles. The maximum absolute atomic E-state index is 10.3. The summed E-state index contributed by atoms with van der Waals surface area (Å²) in [7, 11) is 0. The fourth-order valence-corrected chi connectivity index (χ4v) is 3.10. The number of aromatic nitrogens is 2. The van der Waals surface area contributed by atoms with Gasteiger partial charge in [-0.1, -0.05) is 70.6 Å². The minimum Gasteiger partial charge on any atom is -0.439 e. The van der Waals surface area contributed by atoms with Gasteiger partial charge in [0.15, 0.2) is 0 Å². The van der Waals surface area contributed by atoms with Crippen molar-refractivity contribution >= 4 is 0 Å². The van der Waals surface area contributed by atoms with Gasteiger partial charge in [-0.25, -0.2) is 0 Å². The highest BCUT2D eigenvalue weighted by atomic mass is 16.5. The van der Waals surface area contributed by atoms with E-state index in [1.165, 1.54) is 25.7 Å². The van der Waals surface area contributed by atoms with Crippen molar-refractivity contribution < 1.29 is 9.94 Å². The molecule has 0 radical (unpaired) electrons. The molecule has 0 aliphatic rings. The smallest absolute Gasteiger partial charge is 0.258 e. The SMILES string of the molecule is CCCCCCCCc1c(Oc2ccccc2)nc(=N)n(O)c1CCC. The first-order valence-corrected chi connectivity index (χ1v) is 9.78. The molecule has 26 heavy (non-hydrogen) atoms. The van der Waals surface area contributed by atoms with Crippen LogP contribution in [0.5, 0.6) is 11.6 Å². The van der Waals surface area contributed by atoms with Crippen LogP contribution < -0.4 is 10.4 Å². The Hall–Kier alpha value is -2.30. The number of ether oxygens (including phenoxy) is 1. The molecular weight excluding hydrogens is 326 g/mol. The first-order valence-electron chi connectivity index (χ1n) is 9.78. The molecule has 0 saturated carbocycles. The zero-order valence-electron chi connectivity index (χ0n) is 16.0. The van der Waals surface area contributed by atoms with Crippen molar-refractivity contribution in [2.75, 3.05) is 0 Å². The standard InChI is InChI=1S/C21H31N3O2/c1-3-5-6-7-8-12-16-18-19(13-4-2)24(25)21(22)23-20(18)26-17-14-10-9-11-15-17/h9-11,14-15,22,25H,3-8,12-13,16H2,1-2H3. The molecule has 5 heteroatoms. The number of nitrogens with zero attached hydrogens (tertiary/aromatic N) is 2. The molecule has 0 atom stereocenters. The van der Waals surface area contributed by atoms with Gasteiger partial charge in [-0.2, -0.15) is 9.71 Å². The van der Waals surface area contributed by atoms with Gasteiger partial charge in [-0.15, -0.1) is 0 Å². The van der Waals surface area contributed by atoms with Gasteiger partial charge in [0.1, 0.15) is 5.75 Å². The molecule has 1 heterocycles. The van der Waals surface area contributed by atoms with Crippen LogP contribution in [0.3, 0.4) is 0 Å². The Morgan fingerprint density at radius 3 is 2.35 bits per heavy atom. The van der Waals surface area contributed by atoms with Crippen molar-refractivity contribution in [1.29, 1.82) is 5.41 Å².